The molecule has 0 radical (unpaired) electrons. The Morgan fingerprint density at radius 1 is 1.28 bits per heavy atom. The maximum atomic E-state index is 13.2. The topological polar surface area (TPSA) is 20.5 Å². The van der Waals surface area contributed by atoms with E-state index in [2.05, 4.69) is 21.0 Å². The molecule has 4 rings (SSSR count). The number of halogens is 3. The number of hydrogen-bond acceptors (Lipinski definition) is 2. The first-order valence-electron chi connectivity index (χ1n) is 5.83. The van der Waals surface area contributed by atoms with E-state index in [0.29, 0.717) is 13.1 Å². The lowest BCUT2D eigenvalue weighted by molar-refractivity contribution is 0.0796. The minimum atomic E-state index is -2.44. The molecule has 2 aromatic rings. The molecule has 0 aromatic carbocycles. The van der Waals surface area contributed by atoms with Crippen molar-refractivity contribution >= 4 is 27.3 Å². The van der Waals surface area contributed by atoms with Crippen LogP contribution in [0.3, 0.4) is 0 Å². The molecule has 0 spiro atoms. The number of anilines is 1. The van der Waals surface area contributed by atoms with Crippen molar-refractivity contribution in [3.63, 3.8) is 0 Å². The highest BCUT2D eigenvalue weighted by molar-refractivity contribution is 9.10. The Hall–Kier alpha value is -1.17. The van der Waals surface area contributed by atoms with Gasteiger partial charge in [-0.2, -0.15) is 5.10 Å². The van der Waals surface area contributed by atoms with Crippen molar-refractivity contribution < 1.29 is 8.78 Å². The van der Waals surface area contributed by atoms with Gasteiger partial charge in [-0.1, -0.05) is 15.9 Å². The first-order valence-corrected chi connectivity index (χ1v) is 6.63. The number of aromatic nitrogens is 2. The van der Waals surface area contributed by atoms with Crippen LogP contribution in [0.4, 0.5) is 14.6 Å². The first kappa shape index (κ1) is 10.7. The third-order valence-corrected chi connectivity index (χ3v) is 4.42. The molecule has 1 saturated heterocycles. The molecule has 2 aromatic heterocycles. The lowest BCUT2D eigenvalue weighted by Gasteiger charge is -2.22. The normalized spacial score (nSPS) is 28.7. The van der Waals surface area contributed by atoms with Gasteiger partial charge in [0, 0.05) is 17.6 Å². The predicted octanol–water partition coefficient (Wildman–Crippen LogP) is 2.80. The van der Waals surface area contributed by atoms with Gasteiger partial charge in [0.1, 0.15) is 5.82 Å². The molecule has 2 aliphatic rings. The second-order valence-corrected chi connectivity index (χ2v) is 5.91. The number of hydrogen-bond donors (Lipinski definition) is 0. The Bertz CT molecular complexity index is 625. The van der Waals surface area contributed by atoms with Gasteiger partial charge in [0.2, 0.25) is 0 Å². The van der Waals surface area contributed by atoms with Crippen molar-refractivity contribution in [2.24, 2.45) is 11.8 Å². The third-order valence-electron chi connectivity index (χ3n) is 3.97. The van der Waals surface area contributed by atoms with Crippen LogP contribution in [0.25, 0.3) is 5.52 Å². The standard InChI is InChI=1S/C12H10BrF2N3/c13-7-3-8-1-2-16-18(8)11(4-7)17-5-9-10(6-17)12(9,14)15/h1-4,9-10H,5-6H2. The zero-order chi connectivity index (χ0) is 12.5. The molecule has 6 heteroatoms. The molecule has 1 aliphatic heterocycles. The number of fused-ring (bicyclic) bond motifs is 2. The molecular weight excluding hydrogens is 304 g/mol. The third kappa shape index (κ3) is 1.29. The fourth-order valence-corrected chi connectivity index (χ4v) is 3.34. The highest BCUT2D eigenvalue weighted by atomic mass is 79.9. The molecule has 3 nitrogen and oxygen atoms in total. The van der Waals surface area contributed by atoms with Crippen LogP contribution in [0.5, 0.6) is 0 Å². The van der Waals surface area contributed by atoms with E-state index in [-0.39, 0.29) is 0 Å². The number of nitrogens with zero attached hydrogens (tertiary/aromatic N) is 3. The molecule has 0 amide bonds. The molecule has 94 valence electrons. The highest BCUT2D eigenvalue weighted by Gasteiger charge is 2.71. The van der Waals surface area contributed by atoms with E-state index in [1.54, 1.807) is 10.7 Å². The molecule has 0 N–H and O–H groups in total. The molecule has 1 saturated carbocycles. The summed E-state index contributed by atoms with van der Waals surface area (Å²) in [5.74, 6) is -2.50. The van der Waals surface area contributed by atoms with Gasteiger partial charge in [-0.15, -0.1) is 0 Å². The summed E-state index contributed by atoms with van der Waals surface area (Å²) in [5.41, 5.74) is 0.965. The highest BCUT2D eigenvalue weighted by Crippen LogP contribution is 2.59. The average molecular weight is 314 g/mol. The quantitative estimate of drug-likeness (QED) is 0.807. The maximum absolute atomic E-state index is 13.2. The second-order valence-electron chi connectivity index (χ2n) is 4.99. The molecule has 2 unspecified atom stereocenters. The van der Waals surface area contributed by atoms with Gasteiger partial charge in [-0.3, -0.25) is 0 Å². The Kier molecular flexibility index (Phi) is 1.92. The van der Waals surface area contributed by atoms with E-state index in [1.807, 2.05) is 23.1 Å². The summed E-state index contributed by atoms with van der Waals surface area (Å²) in [5, 5.41) is 4.25. The van der Waals surface area contributed by atoms with E-state index in [9.17, 15) is 8.78 Å². The van der Waals surface area contributed by atoms with E-state index in [1.165, 1.54) is 0 Å². The van der Waals surface area contributed by atoms with Gasteiger partial charge in [-0.25, -0.2) is 13.3 Å². The van der Waals surface area contributed by atoms with Crippen molar-refractivity contribution in [1.82, 2.24) is 9.61 Å². The zero-order valence-corrected chi connectivity index (χ0v) is 10.9. The van der Waals surface area contributed by atoms with Crippen LogP contribution in [-0.4, -0.2) is 28.6 Å². The summed E-state index contributed by atoms with van der Waals surface area (Å²) in [4.78, 5) is 2.00. The van der Waals surface area contributed by atoms with Crippen LogP contribution in [0, 0.1) is 11.8 Å². The number of piperidine rings is 1. The average Bonchev–Trinajstić information content (AvgIpc) is 2.81. The van der Waals surface area contributed by atoms with Gasteiger partial charge in [0.15, 0.2) is 0 Å². The van der Waals surface area contributed by atoms with Crippen LogP contribution in [0.15, 0.2) is 28.9 Å². The largest absolute Gasteiger partial charge is 0.355 e. The molecule has 1 aliphatic carbocycles. The lowest BCUT2D eigenvalue weighted by Crippen LogP contribution is -2.29. The summed E-state index contributed by atoms with van der Waals surface area (Å²) in [6.07, 6.45) is 1.72. The van der Waals surface area contributed by atoms with Gasteiger partial charge in [0.05, 0.1) is 23.5 Å². The lowest BCUT2D eigenvalue weighted by atomic mass is 10.3. The van der Waals surface area contributed by atoms with Crippen molar-refractivity contribution in [2.45, 2.75) is 5.92 Å². The molecule has 2 fully saturated rings. The van der Waals surface area contributed by atoms with Crippen LogP contribution < -0.4 is 4.90 Å². The van der Waals surface area contributed by atoms with Crippen molar-refractivity contribution in [3.05, 3.63) is 28.9 Å². The number of alkyl halides is 2. The SMILES string of the molecule is FC1(F)C2CN(c3cc(Br)cc4ccnn34)CC21. The fraction of sp³-hybridized carbons (Fsp3) is 0.417. The smallest absolute Gasteiger partial charge is 0.258 e. The van der Waals surface area contributed by atoms with Crippen molar-refractivity contribution in [1.29, 1.82) is 0 Å². The van der Waals surface area contributed by atoms with Crippen LogP contribution in [-0.2, 0) is 0 Å². The van der Waals surface area contributed by atoms with Gasteiger partial charge < -0.3 is 4.90 Å². The summed E-state index contributed by atoms with van der Waals surface area (Å²) >= 11 is 3.45. The van der Waals surface area contributed by atoms with E-state index in [4.69, 9.17) is 0 Å². The summed E-state index contributed by atoms with van der Waals surface area (Å²) < 4.78 is 29.2. The second kappa shape index (κ2) is 3.23. The molecule has 2 atom stereocenters. The minimum absolute atomic E-state index is 0.420. The molecule has 18 heavy (non-hydrogen) atoms. The zero-order valence-electron chi connectivity index (χ0n) is 9.35. The van der Waals surface area contributed by atoms with E-state index < -0.39 is 17.8 Å². The summed E-state index contributed by atoms with van der Waals surface area (Å²) in [6, 6.07) is 5.80. The van der Waals surface area contributed by atoms with Crippen LogP contribution in [0.1, 0.15) is 0 Å². The molecule has 3 heterocycles. The minimum Gasteiger partial charge on any atom is -0.355 e. The first-order chi connectivity index (χ1) is 8.57. The van der Waals surface area contributed by atoms with Crippen molar-refractivity contribution in [3.8, 4) is 0 Å². The summed E-state index contributed by atoms with van der Waals surface area (Å²) in [7, 11) is 0. The molecule has 0 bridgehead atoms. The van der Waals surface area contributed by atoms with E-state index in [0.717, 1.165) is 15.8 Å². The Morgan fingerprint density at radius 3 is 2.72 bits per heavy atom. The monoisotopic (exact) mass is 313 g/mol. The van der Waals surface area contributed by atoms with Crippen LogP contribution in [0.2, 0.25) is 0 Å². The Morgan fingerprint density at radius 2 is 2.00 bits per heavy atom. The number of pyridine rings is 1. The van der Waals surface area contributed by atoms with Crippen LogP contribution >= 0.6 is 15.9 Å². The van der Waals surface area contributed by atoms with Gasteiger partial charge in [-0.05, 0) is 18.2 Å². The molecular formula is C12H10BrF2N3. The van der Waals surface area contributed by atoms with Crippen molar-refractivity contribution in [2.75, 3.05) is 18.0 Å². The number of rotatable bonds is 1. The maximum Gasteiger partial charge on any atom is 0.258 e. The van der Waals surface area contributed by atoms with E-state index >= 15 is 0 Å². The fourth-order valence-electron chi connectivity index (χ4n) is 2.90. The van der Waals surface area contributed by atoms with Gasteiger partial charge >= 0.3 is 0 Å². The Labute approximate surface area is 111 Å². The Balaban J connectivity index is 1.74. The van der Waals surface area contributed by atoms with Gasteiger partial charge in [0.25, 0.3) is 5.92 Å². The predicted molar refractivity (Wildman–Crippen MR) is 67.0 cm³/mol. The summed E-state index contributed by atoms with van der Waals surface area (Å²) in [6.45, 7) is 0.839.